The van der Waals surface area contributed by atoms with Crippen molar-refractivity contribution < 1.29 is 4.92 Å². The van der Waals surface area contributed by atoms with Crippen LogP contribution in [0.25, 0.3) is 6.08 Å². The van der Waals surface area contributed by atoms with E-state index in [2.05, 4.69) is 4.98 Å². The minimum atomic E-state index is -0.500. The number of halogens is 1. The van der Waals surface area contributed by atoms with Gasteiger partial charge in [-0.3, -0.25) is 0 Å². The highest BCUT2D eigenvalue weighted by molar-refractivity contribution is 6.17. The van der Waals surface area contributed by atoms with Crippen LogP contribution in [0.5, 0.6) is 0 Å². The summed E-state index contributed by atoms with van der Waals surface area (Å²) in [7, 11) is 0. The topological polar surface area (TPSA) is 56.0 Å². The van der Waals surface area contributed by atoms with Crippen LogP contribution in [0, 0.1) is 10.1 Å². The van der Waals surface area contributed by atoms with Crippen LogP contribution < -0.4 is 0 Å². The fourth-order valence-corrected chi connectivity index (χ4v) is 1.09. The van der Waals surface area contributed by atoms with Gasteiger partial charge in [0, 0.05) is 5.88 Å². The third-order valence-corrected chi connectivity index (χ3v) is 1.78. The Hall–Kier alpha value is -1.42. The summed E-state index contributed by atoms with van der Waals surface area (Å²) in [6.07, 6.45) is 5.54. The van der Waals surface area contributed by atoms with E-state index >= 15 is 0 Å². The van der Waals surface area contributed by atoms with Crippen molar-refractivity contribution in [1.29, 1.82) is 0 Å². The van der Waals surface area contributed by atoms with Gasteiger partial charge in [-0.15, -0.1) is 11.6 Å². The van der Waals surface area contributed by atoms with Gasteiger partial charge in [-0.25, -0.2) is 0 Å². The molecule has 0 unspecified atom stereocenters. The number of aromatic nitrogens is 1. The molecule has 0 spiro atoms. The fourth-order valence-electron chi connectivity index (χ4n) is 0.965. The first-order valence-electron chi connectivity index (χ1n) is 4.07. The molecule has 1 aromatic heterocycles. The van der Waals surface area contributed by atoms with E-state index in [1.807, 2.05) is 0 Å². The maximum absolute atomic E-state index is 10.5. The SMILES string of the molecule is O=[N+]([O-])c1ncccc1C=CCCCl. The van der Waals surface area contributed by atoms with Crippen molar-refractivity contribution in [3.8, 4) is 0 Å². The van der Waals surface area contributed by atoms with Crippen molar-refractivity contribution in [2.75, 3.05) is 5.88 Å². The lowest BCUT2D eigenvalue weighted by molar-refractivity contribution is -0.389. The monoisotopic (exact) mass is 212 g/mol. The molecule has 0 aliphatic rings. The van der Waals surface area contributed by atoms with Crippen LogP contribution in [0.2, 0.25) is 0 Å². The minimum absolute atomic E-state index is 0.127. The molecule has 0 N–H and O–H groups in total. The fraction of sp³-hybridized carbons (Fsp3) is 0.222. The van der Waals surface area contributed by atoms with Crippen LogP contribution in [0.3, 0.4) is 0 Å². The molecule has 0 fully saturated rings. The van der Waals surface area contributed by atoms with Crippen LogP contribution in [0.4, 0.5) is 5.82 Å². The highest BCUT2D eigenvalue weighted by Gasteiger charge is 2.10. The smallest absolute Gasteiger partial charge is 0.358 e. The molecule has 0 radical (unpaired) electrons. The van der Waals surface area contributed by atoms with Crippen LogP contribution in [-0.2, 0) is 0 Å². The van der Waals surface area contributed by atoms with Crippen LogP contribution in [0.1, 0.15) is 12.0 Å². The number of alkyl halides is 1. The van der Waals surface area contributed by atoms with E-state index in [0.717, 1.165) is 0 Å². The Labute approximate surface area is 86.4 Å². The Balaban J connectivity index is 2.90. The molecule has 0 aliphatic heterocycles. The second kappa shape index (κ2) is 5.34. The third-order valence-electron chi connectivity index (χ3n) is 1.56. The normalized spacial score (nSPS) is 10.6. The number of nitro groups is 1. The number of pyridine rings is 1. The van der Waals surface area contributed by atoms with Gasteiger partial charge in [-0.2, -0.15) is 0 Å². The summed E-state index contributed by atoms with van der Waals surface area (Å²) in [5.74, 6) is 0.378. The second-order valence-electron chi connectivity index (χ2n) is 2.55. The van der Waals surface area contributed by atoms with Gasteiger partial charge in [0.15, 0.2) is 0 Å². The van der Waals surface area contributed by atoms with Crippen molar-refractivity contribution in [2.24, 2.45) is 0 Å². The lowest BCUT2D eigenvalue weighted by Crippen LogP contribution is -1.94. The van der Waals surface area contributed by atoms with E-state index < -0.39 is 4.92 Å². The van der Waals surface area contributed by atoms with Gasteiger partial charge >= 0.3 is 5.82 Å². The van der Waals surface area contributed by atoms with Crippen molar-refractivity contribution in [2.45, 2.75) is 6.42 Å². The van der Waals surface area contributed by atoms with E-state index in [9.17, 15) is 10.1 Å². The first kappa shape index (κ1) is 10.7. The molecule has 4 nitrogen and oxygen atoms in total. The predicted octanol–water partition coefficient (Wildman–Crippen LogP) is 2.63. The summed E-state index contributed by atoms with van der Waals surface area (Å²) in [4.78, 5) is 13.7. The summed E-state index contributed by atoms with van der Waals surface area (Å²) < 4.78 is 0. The number of hydrogen-bond acceptors (Lipinski definition) is 3. The quantitative estimate of drug-likeness (QED) is 0.438. The van der Waals surface area contributed by atoms with E-state index in [4.69, 9.17) is 11.6 Å². The summed E-state index contributed by atoms with van der Waals surface area (Å²) in [5.41, 5.74) is 0.502. The van der Waals surface area contributed by atoms with Gasteiger partial charge in [-0.05, 0) is 28.5 Å². The van der Waals surface area contributed by atoms with Gasteiger partial charge in [0.05, 0.1) is 5.56 Å². The number of nitrogens with zero attached hydrogens (tertiary/aromatic N) is 2. The number of rotatable bonds is 4. The molecule has 0 atom stereocenters. The first-order valence-corrected chi connectivity index (χ1v) is 4.61. The Kier molecular flexibility index (Phi) is 4.07. The van der Waals surface area contributed by atoms with Crippen LogP contribution in [0.15, 0.2) is 24.4 Å². The molecular weight excluding hydrogens is 204 g/mol. The predicted molar refractivity (Wildman–Crippen MR) is 55.3 cm³/mol. The van der Waals surface area contributed by atoms with Crippen LogP contribution >= 0.6 is 11.6 Å². The van der Waals surface area contributed by atoms with Crippen molar-refractivity contribution in [3.05, 3.63) is 40.1 Å². The molecule has 1 aromatic rings. The summed E-state index contributed by atoms with van der Waals surface area (Å²) in [5, 5.41) is 10.5. The first-order chi connectivity index (χ1) is 6.75. The largest absolute Gasteiger partial charge is 0.370 e. The Morgan fingerprint density at radius 2 is 2.43 bits per heavy atom. The van der Waals surface area contributed by atoms with Crippen molar-refractivity contribution in [3.63, 3.8) is 0 Å². The molecule has 74 valence electrons. The molecule has 5 heteroatoms. The Bertz CT molecular complexity index is 352. The maximum atomic E-state index is 10.5. The molecule has 0 aromatic carbocycles. The zero-order valence-corrected chi connectivity index (χ0v) is 8.15. The zero-order valence-electron chi connectivity index (χ0n) is 7.39. The summed E-state index contributed by atoms with van der Waals surface area (Å²) >= 11 is 5.47. The molecule has 1 heterocycles. The highest BCUT2D eigenvalue weighted by Crippen LogP contribution is 2.15. The highest BCUT2D eigenvalue weighted by atomic mass is 35.5. The maximum Gasteiger partial charge on any atom is 0.370 e. The van der Waals surface area contributed by atoms with E-state index in [-0.39, 0.29) is 5.82 Å². The Morgan fingerprint density at radius 1 is 1.64 bits per heavy atom. The minimum Gasteiger partial charge on any atom is -0.358 e. The average molecular weight is 213 g/mol. The molecule has 0 saturated carbocycles. The lowest BCUT2D eigenvalue weighted by atomic mass is 10.2. The molecule has 0 bridgehead atoms. The summed E-state index contributed by atoms with van der Waals surface area (Å²) in [6.45, 7) is 0. The Morgan fingerprint density at radius 3 is 3.07 bits per heavy atom. The van der Waals surface area contributed by atoms with E-state index in [0.29, 0.717) is 17.9 Å². The zero-order chi connectivity index (χ0) is 10.4. The lowest BCUT2D eigenvalue weighted by Gasteiger charge is -1.95. The van der Waals surface area contributed by atoms with Gasteiger partial charge in [-0.1, -0.05) is 12.2 Å². The van der Waals surface area contributed by atoms with Gasteiger partial charge in [0.25, 0.3) is 0 Å². The van der Waals surface area contributed by atoms with Gasteiger partial charge < -0.3 is 10.1 Å². The van der Waals surface area contributed by atoms with Gasteiger partial charge in [0.1, 0.15) is 6.20 Å². The number of allylic oxidation sites excluding steroid dienone is 1. The second-order valence-corrected chi connectivity index (χ2v) is 2.93. The van der Waals surface area contributed by atoms with E-state index in [1.54, 1.807) is 24.3 Å². The van der Waals surface area contributed by atoms with Gasteiger partial charge in [0.2, 0.25) is 0 Å². The molecule has 0 amide bonds. The molecular formula is C9H9ClN2O2. The molecule has 0 aliphatic carbocycles. The molecule has 0 saturated heterocycles. The average Bonchev–Trinajstić information content (AvgIpc) is 2.19. The molecule has 14 heavy (non-hydrogen) atoms. The number of hydrogen-bond donors (Lipinski definition) is 0. The van der Waals surface area contributed by atoms with E-state index in [1.165, 1.54) is 6.20 Å². The molecule has 1 rings (SSSR count). The van der Waals surface area contributed by atoms with Crippen molar-refractivity contribution in [1.82, 2.24) is 4.98 Å². The summed E-state index contributed by atoms with van der Waals surface area (Å²) in [6, 6.07) is 3.31. The van der Waals surface area contributed by atoms with Crippen LogP contribution in [-0.4, -0.2) is 15.8 Å². The third kappa shape index (κ3) is 2.81. The standard InChI is InChI=1S/C9H9ClN2O2/c10-6-2-1-4-8-5-3-7-11-9(8)12(13)14/h1,3-5,7H,2,6H2. The van der Waals surface area contributed by atoms with Crippen molar-refractivity contribution >= 4 is 23.5 Å².